The molecule has 8 heteroatoms. The van der Waals surface area contributed by atoms with Gasteiger partial charge in [-0.2, -0.15) is 13.2 Å². The van der Waals surface area contributed by atoms with Crippen LogP contribution in [0.5, 0.6) is 0 Å². The maximum absolute atomic E-state index is 12.3. The van der Waals surface area contributed by atoms with Gasteiger partial charge < -0.3 is 10.6 Å². The summed E-state index contributed by atoms with van der Waals surface area (Å²) in [6.07, 6.45) is 0.405. The quantitative estimate of drug-likeness (QED) is 0.371. The lowest BCUT2D eigenvalue weighted by molar-refractivity contribution is -0.143. The van der Waals surface area contributed by atoms with E-state index in [0.717, 1.165) is 6.54 Å². The maximum atomic E-state index is 12.3. The molecule has 29 heavy (non-hydrogen) atoms. The standard InChI is InChI=1S/C21H34F3N5/c1-25-20(26-11-6-12-28(2)17-21(22,23)24)27-15-18-7-9-19(10-8-18)16-29-13-4-3-5-14-29/h7-10H,3-6,11-17H2,1-2H3,(H2,25,26,27). The molecule has 2 rings (SSSR count). The first-order chi connectivity index (χ1) is 13.9. The predicted molar refractivity (Wildman–Crippen MR) is 112 cm³/mol. The molecule has 0 atom stereocenters. The van der Waals surface area contributed by atoms with Crippen LogP contribution in [0.4, 0.5) is 13.2 Å². The monoisotopic (exact) mass is 413 g/mol. The molecule has 1 fully saturated rings. The second-order valence-corrected chi connectivity index (χ2v) is 7.71. The molecule has 0 unspecified atom stereocenters. The first kappa shape index (κ1) is 23.5. The maximum Gasteiger partial charge on any atom is 0.401 e. The fourth-order valence-corrected chi connectivity index (χ4v) is 3.49. The van der Waals surface area contributed by atoms with E-state index in [1.807, 2.05) is 0 Å². The summed E-state index contributed by atoms with van der Waals surface area (Å²) in [4.78, 5) is 7.96. The number of hydrogen-bond donors (Lipinski definition) is 2. The zero-order valence-corrected chi connectivity index (χ0v) is 17.6. The molecule has 0 saturated carbocycles. The molecule has 5 nitrogen and oxygen atoms in total. The average Bonchev–Trinajstić information content (AvgIpc) is 2.68. The second kappa shape index (κ2) is 12.0. The molecule has 0 spiro atoms. The summed E-state index contributed by atoms with van der Waals surface area (Å²) in [7, 11) is 3.17. The SMILES string of the molecule is CN=C(NCCCN(C)CC(F)(F)F)NCc1ccc(CN2CCCCC2)cc1. The number of hydrogen-bond acceptors (Lipinski definition) is 3. The number of benzene rings is 1. The zero-order chi connectivity index (χ0) is 21.1. The van der Waals surface area contributed by atoms with Gasteiger partial charge >= 0.3 is 6.18 Å². The summed E-state index contributed by atoms with van der Waals surface area (Å²) in [5, 5.41) is 6.40. The van der Waals surface area contributed by atoms with Crippen molar-refractivity contribution >= 4 is 5.96 Å². The van der Waals surface area contributed by atoms with Gasteiger partial charge in [0.1, 0.15) is 0 Å². The van der Waals surface area contributed by atoms with Crippen LogP contribution in [0.25, 0.3) is 0 Å². The summed E-state index contributed by atoms with van der Waals surface area (Å²) in [6, 6.07) is 8.62. The van der Waals surface area contributed by atoms with Crippen molar-refractivity contribution in [1.29, 1.82) is 0 Å². The third-order valence-corrected chi connectivity index (χ3v) is 5.02. The number of guanidine groups is 1. The van der Waals surface area contributed by atoms with Gasteiger partial charge in [-0.05, 0) is 57.1 Å². The van der Waals surface area contributed by atoms with Gasteiger partial charge in [0.05, 0.1) is 6.54 Å². The number of piperidine rings is 1. The molecule has 0 aliphatic carbocycles. The highest BCUT2D eigenvalue weighted by Crippen LogP contribution is 2.15. The van der Waals surface area contributed by atoms with Gasteiger partial charge in [0.15, 0.2) is 5.96 Å². The van der Waals surface area contributed by atoms with Crippen molar-refractivity contribution in [3.05, 3.63) is 35.4 Å². The molecule has 164 valence electrons. The van der Waals surface area contributed by atoms with Crippen molar-refractivity contribution in [1.82, 2.24) is 20.4 Å². The highest BCUT2D eigenvalue weighted by Gasteiger charge is 2.28. The minimum absolute atomic E-state index is 0.377. The Labute approximate surface area is 172 Å². The van der Waals surface area contributed by atoms with E-state index in [1.165, 1.54) is 55.4 Å². The van der Waals surface area contributed by atoms with Crippen LogP contribution in [0.1, 0.15) is 36.8 Å². The Balaban J connectivity index is 1.65. The van der Waals surface area contributed by atoms with E-state index < -0.39 is 12.7 Å². The van der Waals surface area contributed by atoms with Crippen molar-refractivity contribution in [2.24, 2.45) is 4.99 Å². The molecule has 1 aliphatic heterocycles. The molecule has 1 aromatic carbocycles. The van der Waals surface area contributed by atoms with E-state index in [2.05, 4.69) is 44.8 Å². The van der Waals surface area contributed by atoms with Crippen LogP contribution in [0.15, 0.2) is 29.3 Å². The molecular weight excluding hydrogens is 379 g/mol. The predicted octanol–water partition coefficient (Wildman–Crippen LogP) is 3.22. The van der Waals surface area contributed by atoms with Gasteiger partial charge in [-0.25, -0.2) is 0 Å². The van der Waals surface area contributed by atoms with E-state index in [9.17, 15) is 13.2 Å². The Morgan fingerprint density at radius 2 is 1.72 bits per heavy atom. The third-order valence-electron chi connectivity index (χ3n) is 5.02. The lowest BCUT2D eigenvalue weighted by Crippen LogP contribution is -2.39. The van der Waals surface area contributed by atoms with Crippen molar-refractivity contribution in [3.63, 3.8) is 0 Å². The summed E-state index contributed by atoms with van der Waals surface area (Å²) in [5.74, 6) is 0.654. The summed E-state index contributed by atoms with van der Waals surface area (Å²) < 4.78 is 36.9. The summed E-state index contributed by atoms with van der Waals surface area (Å²) in [6.45, 7) is 4.11. The number of alkyl halides is 3. The van der Waals surface area contributed by atoms with Crippen molar-refractivity contribution in [2.45, 2.75) is 44.9 Å². The molecule has 1 aromatic rings. The molecule has 0 aromatic heterocycles. The molecule has 0 radical (unpaired) electrons. The van der Waals surface area contributed by atoms with E-state index in [4.69, 9.17) is 0 Å². The van der Waals surface area contributed by atoms with Crippen LogP contribution in [-0.2, 0) is 13.1 Å². The molecule has 0 bridgehead atoms. The lowest BCUT2D eigenvalue weighted by Gasteiger charge is -2.26. The Hall–Kier alpha value is -1.80. The Kier molecular flexibility index (Phi) is 9.73. The Morgan fingerprint density at radius 3 is 2.34 bits per heavy atom. The summed E-state index contributed by atoms with van der Waals surface area (Å²) in [5.41, 5.74) is 2.50. The lowest BCUT2D eigenvalue weighted by atomic mass is 10.1. The number of likely N-dealkylation sites (tertiary alicyclic amines) is 1. The van der Waals surface area contributed by atoms with E-state index in [0.29, 0.717) is 32.0 Å². The molecule has 2 N–H and O–H groups in total. The van der Waals surface area contributed by atoms with E-state index in [1.54, 1.807) is 7.05 Å². The molecule has 1 saturated heterocycles. The van der Waals surface area contributed by atoms with Crippen molar-refractivity contribution in [2.75, 3.05) is 46.8 Å². The molecular formula is C21H34F3N5. The number of halogens is 3. The first-order valence-corrected chi connectivity index (χ1v) is 10.4. The average molecular weight is 414 g/mol. The van der Waals surface area contributed by atoms with Crippen molar-refractivity contribution in [3.8, 4) is 0 Å². The Morgan fingerprint density at radius 1 is 1.07 bits per heavy atom. The van der Waals surface area contributed by atoms with Crippen LogP contribution in [-0.4, -0.2) is 68.8 Å². The Bertz CT molecular complexity index is 610. The van der Waals surface area contributed by atoms with Crippen LogP contribution in [0.3, 0.4) is 0 Å². The van der Waals surface area contributed by atoms with Crippen molar-refractivity contribution < 1.29 is 13.2 Å². The molecule has 1 heterocycles. The van der Waals surface area contributed by atoms with E-state index >= 15 is 0 Å². The fourth-order valence-electron chi connectivity index (χ4n) is 3.49. The van der Waals surface area contributed by atoms with Gasteiger partial charge in [0.25, 0.3) is 0 Å². The first-order valence-electron chi connectivity index (χ1n) is 10.4. The normalized spacial score (nSPS) is 16.3. The fraction of sp³-hybridized carbons (Fsp3) is 0.667. The third kappa shape index (κ3) is 9.99. The van der Waals surface area contributed by atoms with Gasteiger partial charge in [0.2, 0.25) is 0 Å². The highest BCUT2D eigenvalue weighted by molar-refractivity contribution is 5.79. The van der Waals surface area contributed by atoms with Crippen LogP contribution < -0.4 is 10.6 Å². The summed E-state index contributed by atoms with van der Waals surface area (Å²) >= 11 is 0. The number of aliphatic imine (C=N–C) groups is 1. The molecule has 0 amide bonds. The van der Waals surface area contributed by atoms with Crippen LogP contribution in [0, 0.1) is 0 Å². The topological polar surface area (TPSA) is 42.9 Å². The van der Waals surface area contributed by atoms with Gasteiger partial charge in [-0.1, -0.05) is 30.7 Å². The van der Waals surface area contributed by atoms with Gasteiger partial charge in [0, 0.05) is 26.7 Å². The van der Waals surface area contributed by atoms with Crippen LogP contribution in [0.2, 0.25) is 0 Å². The smallest absolute Gasteiger partial charge is 0.356 e. The molecule has 1 aliphatic rings. The largest absolute Gasteiger partial charge is 0.401 e. The highest BCUT2D eigenvalue weighted by atomic mass is 19.4. The number of nitrogens with one attached hydrogen (secondary N) is 2. The number of rotatable bonds is 9. The minimum Gasteiger partial charge on any atom is -0.356 e. The number of nitrogens with zero attached hydrogens (tertiary/aromatic N) is 3. The van der Waals surface area contributed by atoms with E-state index in [-0.39, 0.29) is 0 Å². The second-order valence-electron chi connectivity index (χ2n) is 7.71. The van der Waals surface area contributed by atoms with Crippen LogP contribution >= 0.6 is 0 Å². The van der Waals surface area contributed by atoms with Gasteiger partial charge in [-0.15, -0.1) is 0 Å². The zero-order valence-electron chi connectivity index (χ0n) is 17.6. The minimum atomic E-state index is -4.15. The van der Waals surface area contributed by atoms with Gasteiger partial charge in [-0.3, -0.25) is 14.8 Å².